The fourth-order valence-corrected chi connectivity index (χ4v) is 1.13. The number of hydrogen-bond acceptors (Lipinski definition) is 7. The van der Waals surface area contributed by atoms with E-state index in [-0.39, 0.29) is 0 Å². The van der Waals surface area contributed by atoms with Gasteiger partial charge in [-0.05, 0) is 7.05 Å². The number of carbonyl (C=O) groups excluding carboxylic acids is 2. The molecule has 0 aromatic carbocycles. The molecule has 0 saturated carbocycles. The van der Waals surface area contributed by atoms with Gasteiger partial charge in [0, 0.05) is 0 Å². The number of Topliss-reactive ketones (excluding diaryl/α,β-unsaturated/α-hetero) is 1. The number of urea groups is 1. The predicted octanol–water partition coefficient (Wildman–Crippen LogP) is -4.15. The van der Waals surface area contributed by atoms with Crippen LogP contribution >= 0.6 is 0 Å². The van der Waals surface area contributed by atoms with E-state index < -0.39 is 42.9 Å². The molecule has 0 rings (SSSR count). The second-order valence-electron chi connectivity index (χ2n) is 3.35. The van der Waals surface area contributed by atoms with Crippen molar-refractivity contribution in [1.82, 2.24) is 10.6 Å². The summed E-state index contributed by atoms with van der Waals surface area (Å²) in [4.78, 5) is 21.9. The highest BCUT2D eigenvalue weighted by atomic mass is 16.4. The second kappa shape index (κ2) is 6.47. The van der Waals surface area contributed by atoms with E-state index in [4.69, 9.17) is 15.9 Å². The largest absolute Gasteiger partial charge is 0.394 e. The van der Waals surface area contributed by atoms with Crippen molar-refractivity contribution in [2.75, 3.05) is 20.2 Å². The Bertz CT molecular complexity index is 286. The Morgan fingerprint density at radius 2 is 1.94 bits per heavy atom. The molecular weight excluding hydrogens is 234 g/mol. The third kappa shape index (κ3) is 3.91. The first-order valence-electron chi connectivity index (χ1n) is 4.74. The van der Waals surface area contributed by atoms with Gasteiger partial charge in [-0.1, -0.05) is 0 Å². The molecule has 100 valence electrons. The van der Waals surface area contributed by atoms with Crippen LogP contribution in [0.1, 0.15) is 0 Å². The summed E-state index contributed by atoms with van der Waals surface area (Å²) in [5.41, 5.74) is 2.24. The number of likely N-dealkylation sites (N-methyl/N-ethyl adjacent to an activating group) is 1. The SMILES string of the molecule is CNC(O)(C(=O)CNC(N)=O)C(O)C(O)CO. The minimum absolute atomic E-state index is 0.637. The Labute approximate surface area is 97.2 Å². The standard InChI is InChI=1S/C8H17N3O6/c1-10-8(17,6(15)4(13)3-12)5(14)2-11-7(9)16/h4,6,10,12-13,15,17H,2-3H2,1H3,(H3,9,11,16). The van der Waals surface area contributed by atoms with E-state index in [0.29, 0.717) is 0 Å². The van der Waals surface area contributed by atoms with Gasteiger partial charge in [-0.15, -0.1) is 0 Å². The van der Waals surface area contributed by atoms with Crippen molar-refractivity contribution in [3.05, 3.63) is 0 Å². The van der Waals surface area contributed by atoms with E-state index in [1.165, 1.54) is 0 Å². The number of primary amides is 1. The summed E-state index contributed by atoms with van der Waals surface area (Å²) in [6.07, 6.45) is -3.68. The van der Waals surface area contributed by atoms with Crippen LogP contribution in [0.5, 0.6) is 0 Å². The molecule has 0 bridgehead atoms. The van der Waals surface area contributed by atoms with Crippen LogP contribution in [-0.2, 0) is 4.79 Å². The first-order chi connectivity index (χ1) is 7.79. The maximum absolute atomic E-state index is 11.5. The molecule has 8 N–H and O–H groups in total. The minimum atomic E-state index is -2.50. The molecular formula is C8H17N3O6. The molecule has 9 heteroatoms. The van der Waals surface area contributed by atoms with Gasteiger partial charge in [0.25, 0.3) is 0 Å². The van der Waals surface area contributed by atoms with Crippen LogP contribution in [0.4, 0.5) is 4.79 Å². The van der Waals surface area contributed by atoms with Crippen molar-refractivity contribution in [1.29, 1.82) is 0 Å². The van der Waals surface area contributed by atoms with Crippen LogP contribution in [0.15, 0.2) is 0 Å². The highest BCUT2D eigenvalue weighted by molar-refractivity contribution is 5.91. The van der Waals surface area contributed by atoms with Gasteiger partial charge in [0.2, 0.25) is 11.5 Å². The maximum atomic E-state index is 11.5. The van der Waals surface area contributed by atoms with E-state index in [1.807, 2.05) is 5.32 Å². The van der Waals surface area contributed by atoms with Crippen molar-refractivity contribution < 1.29 is 30.0 Å². The summed E-state index contributed by atoms with van der Waals surface area (Å²) in [6, 6.07) is -0.978. The molecule has 3 atom stereocenters. The number of carbonyl (C=O) groups is 2. The number of hydrogen-bond donors (Lipinski definition) is 7. The van der Waals surface area contributed by atoms with Crippen molar-refractivity contribution in [3.63, 3.8) is 0 Å². The molecule has 3 unspecified atom stereocenters. The van der Waals surface area contributed by atoms with E-state index in [0.717, 1.165) is 7.05 Å². The fraction of sp³-hybridized carbons (Fsp3) is 0.750. The fourth-order valence-electron chi connectivity index (χ4n) is 1.13. The van der Waals surface area contributed by atoms with Crippen molar-refractivity contribution in [2.24, 2.45) is 5.73 Å². The Hall–Kier alpha value is -1.26. The normalized spacial score (nSPS) is 17.9. The maximum Gasteiger partial charge on any atom is 0.312 e. The molecule has 0 aliphatic rings. The minimum Gasteiger partial charge on any atom is -0.394 e. The van der Waals surface area contributed by atoms with Gasteiger partial charge in [-0.25, -0.2) is 4.79 Å². The number of aliphatic hydroxyl groups excluding tert-OH is 3. The smallest absolute Gasteiger partial charge is 0.312 e. The molecule has 2 amide bonds. The Balaban J connectivity index is 4.75. The molecule has 0 fully saturated rings. The van der Waals surface area contributed by atoms with Gasteiger partial charge >= 0.3 is 6.03 Å². The van der Waals surface area contributed by atoms with Gasteiger partial charge in [0.1, 0.15) is 12.2 Å². The molecule has 0 aromatic rings. The van der Waals surface area contributed by atoms with Crippen molar-refractivity contribution in [2.45, 2.75) is 17.9 Å². The second-order valence-corrected chi connectivity index (χ2v) is 3.35. The molecule has 0 saturated heterocycles. The monoisotopic (exact) mass is 251 g/mol. The third-order valence-corrected chi connectivity index (χ3v) is 2.21. The van der Waals surface area contributed by atoms with Gasteiger partial charge in [-0.2, -0.15) is 0 Å². The summed E-state index contributed by atoms with van der Waals surface area (Å²) in [7, 11) is 1.16. The zero-order valence-corrected chi connectivity index (χ0v) is 9.25. The van der Waals surface area contributed by atoms with Gasteiger partial charge in [0.05, 0.1) is 13.2 Å². The lowest BCUT2D eigenvalue weighted by atomic mass is 9.97. The van der Waals surface area contributed by atoms with Gasteiger partial charge in [0.15, 0.2) is 0 Å². The van der Waals surface area contributed by atoms with Crippen LogP contribution in [0.25, 0.3) is 0 Å². The highest BCUT2D eigenvalue weighted by Crippen LogP contribution is 2.11. The van der Waals surface area contributed by atoms with Gasteiger partial charge < -0.3 is 31.5 Å². The Morgan fingerprint density at radius 1 is 1.41 bits per heavy atom. The highest BCUT2D eigenvalue weighted by Gasteiger charge is 2.44. The average Bonchev–Trinajstić information content (AvgIpc) is 2.32. The van der Waals surface area contributed by atoms with Crippen LogP contribution < -0.4 is 16.4 Å². The first-order valence-corrected chi connectivity index (χ1v) is 4.74. The third-order valence-electron chi connectivity index (χ3n) is 2.21. The number of ketones is 1. The quantitative estimate of drug-likeness (QED) is 0.225. The van der Waals surface area contributed by atoms with E-state index in [2.05, 4.69) is 5.32 Å². The van der Waals surface area contributed by atoms with E-state index >= 15 is 0 Å². The van der Waals surface area contributed by atoms with E-state index in [9.17, 15) is 19.8 Å². The molecule has 0 spiro atoms. The topological polar surface area (TPSA) is 165 Å². The van der Waals surface area contributed by atoms with Crippen LogP contribution in [0.3, 0.4) is 0 Å². The molecule has 0 aliphatic carbocycles. The summed E-state index contributed by atoms with van der Waals surface area (Å²) < 4.78 is 0. The van der Waals surface area contributed by atoms with E-state index in [1.54, 1.807) is 0 Å². The van der Waals surface area contributed by atoms with Crippen molar-refractivity contribution in [3.8, 4) is 0 Å². The van der Waals surface area contributed by atoms with Crippen molar-refractivity contribution >= 4 is 11.8 Å². The Kier molecular flexibility index (Phi) is 5.99. The molecule has 0 radical (unpaired) electrons. The number of aliphatic hydroxyl groups is 4. The summed E-state index contributed by atoms with van der Waals surface area (Å²) in [5.74, 6) is -1.01. The number of amides is 2. The summed E-state index contributed by atoms with van der Waals surface area (Å²) in [5, 5.41) is 41.1. The molecule has 0 heterocycles. The summed E-state index contributed by atoms with van der Waals surface area (Å²) in [6.45, 7) is -1.48. The zero-order valence-electron chi connectivity index (χ0n) is 9.25. The zero-order chi connectivity index (χ0) is 13.6. The number of rotatable bonds is 7. The summed E-state index contributed by atoms with van der Waals surface area (Å²) >= 11 is 0. The van der Waals surface area contributed by atoms with Crippen LogP contribution in [0, 0.1) is 0 Å². The molecule has 0 aliphatic heterocycles. The average molecular weight is 251 g/mol. The predicted molar refractivity (Wildman–Crippen MR) is 55.7 cm³/mol. The van der Waals surface area contributed by atoms with Gasteiger partial charge in [-0.3, -0.25) is 10.1 Å². The van der Waals surface area contributed by atoms with Crippen LogP contribution in [0.2, 0.25) is 0 Å². The van der Waals surface area contributed by atoms with Crippen LogP contribution in [-0.4, -0.2) is 70.4 Å². The molecule has 9 nitrogen and oxygen atoms in total. The molecule has 0 aromatic heterocycles. The lowest BCUT2D eigenvalue weighted by molar-refractivity contribution is -0.171. The number of nitrogens with one attached hydrogen (secondary N) is 2. The lowest BCUT2D eigenvalue weighted by Crippen LogP contribution is -2.65. The number of nitrogens with two attached hydrogens (primary N) is 1. The molecule has 17 heavy (non-hydrogen) atoms. The lowest BCUT2D eigenvalue weighted by Gasteiger charge is -2.33. The first kappa shape index (κ1) is 15.7. The Morgan fingerprint density at radius 3 is 2.29 bits per heavy atom.